The highest BCUT2D eigenvalue weighted by molar-refractivity contribution is 6.11. The summed E-state index contributed by atoms with van der Waals surface area (Å²) in [5.41, 5.74) is 5.61. The molecule has 1 heterocycles. The molecule has 0 bridgehead atoms. The summed E-state index contributed by atoms with van der Waals surface area (Å²) in [7, 11) is 0. The SMILES string of the molecule is CC(C)(N)C(=O)c1cccc2ccncc12. The monoisotopic (exact) mass is 214 g/mol. The van der Waals surface area contributed by atoms with Gasteiger partial charge in [-0.15, -0.1) is 0 Å². The maximum atomic E-state index is 12.1. The Labute approximate surface area is 94.3 Å². The van der Waals surface area contributed by atoms with E-state index in [2.05, 4.69) is 4.98 Å². The van der Waals surface area contributed by atoms with Crippen LogP contribution in [-0.4, -0.2) is 16.3 Å². The molecule has 3 nitrogen and oxygen atoms in total. The Morgan fingerprint density at radius 1 is 1.31 bits per heavy atom. The van der Waals surface area contributed by atoms with E-state index in [-0.39, 0.29) is 5.78 Å². The van der Waals surface area contributed by atoms with Gasteiger partial charge in [-0.1, -0.05) is 18.2 Å². The second-order valence-electron chi connectivity index (χ2n) is 4.45. The number of ketones is 1. The lowest BCUT2D eigenvalue weighted by molar-refractivity contribution is 0.0915. The molecule has 0 unspecified atom stereocenters. The molecule has 2 aromatic rings. The number of hydrogen-bond acceptors (Lipinski definition) is 3. The largest absolute Gasteiger partial charge is 0.319 e. The van der Waals surface area contributed by atoms with Crippen molar-refractivity contribution in [3.8, 4) is 0 Å². The second kappa shape index (κ2) is 3.68. The number of Topliss-reactive ketones (excluding diaryl/α,β-unsaturated/α-hetero) is 1. The maximum Gasteiger partial charge on any atom is 0.182 e. The predicted molar refractivity (Wildman–Crippen MR) is 64.3 cm³/mol. The van der Waals surface area contributed by atoms with E-state index < -0.39 is 5.54 Å². The normalized spacial score (nSPS) is 11.7. The number of rotatable bonds is 2. The third-order valence-electron chi connectivity index (χ3n) is 2.51. The maximum absolute atomic E-state index is 12.1. The molecule has 82 valence electrons. The van der Waals surface area contributed by atoms with E-state index in [0.717, 1.165) is 10.8 Å². The molecule has 0 atom stereocenters. The molecule has 2 rings (SSSR count). The van der Waals surface area contributed by atoms with E-state index in [0.29, 0.717) is 5.56 Å². The molecular weight excluding hydrogens is 200 g/mol. The molecule has 0 amide bonds. The van der Waals surface area contributed by atoms with Gasteiger partial charge < -0.3 is 5.73 Å². The number of carbonyl (C=O) groups is 1. The van der Waals surface area contributed by atoms with Crippen LogP contribution in [0.15, 0.2) is 36.7 Å². The number of hydrogen-bond donors (Lipinski definition) is 1. The molecule has 3 heteroatoms. The summed E-state index contributed by atoms with van der Waals surface area (Å²) >= 11 is 0. The zero-order valence-electron chi connectivity index (χ0n) is 9.40. The lowest BCUT2D eigenvalue weighted by atomic mass is 9.92. The summed E-state index contributed by atoms with van der Waals surface area (Å²) in [6, 6.07) is 7.50. The highest BCUT2D eigenvalue weighted by Crippen LogP contribution is 2.20. The lowest BCUT2D eigenvalue weighted by Gasteiger charge is -2.17. The van der Waals surface area contributed by atoms with Gasteiger partial charge in [-0.2, -0.15) is 0 Å². The zero-order valence-corrected chi connectivity index (χ0v) is 9.40. The number of aromatic nitrogens is 1. The van der Waals surface area contributed by atoms with Gasteiger partial charge in [0.25, 0.3) is 0 Å². The molecule has 1 aromatic heterocycles. The minimum Gasteiger partial charge on any atom is -0.319 e. The van der Waals surface area contributed by atoms with E-state index in [9.17, 15) is 4.79 Å². The third kappa shape index (κ3) is 1.82. The van der Waals surface area contributed by atoms with Crippen LogP contribution in [0.1, 0.15) is 24.2 Å². The smallest absolute Gasteiger partial charge is 0.182 e. The summed E-state index contributed by atoms with van der Waals surface area (Å²) < 4.78 is 0. The van der Waals surface area contributed by atoms with E-state index in [1.807, 2.05) is 18.2 Å². The fourth-order valence-corrected chi connectivity index (χ4v) is 1.66. The summed E-state index contributed by atoms with van der Waals surface area (Å²) in [6.45, 7) is 3.43. The molecule has 0 radical (unpaired) electrons. The Balaban J connectivity index is 2.66. The van der Waals surface area contributed by atoms with Crippen molar-refractivity contribution < 1.29 is 4.79 Å². The number of nitrogens with two attached hydrogens (primary N) is 1. The van der Waals surface area contributed by atoms with Crippen LogP contribution in [0, 0.1) is 0 Å². The Morgan fingerprint density at radius 2 is 2.06 bits per heavy atom. The minimum absolute atomic E-state index is 0.0638. The molecule has 2 N–H and O–H groups in total. The van der Waals surface area contributed by atoms with Crippen LogP contribution < -0.4 is 5.73 Å². The van der Waals surface area contributed by atoms with Crippen LogP contribution in [0.5, 0.6) is 0 Å². The first-order valence-corrected chi connectivity index (χ1v) is 5.16. The Hall–Kier alpha value is -1.74. The summed E-state index contributed by atoms with van der Waals surface area (Å²) in [5, 5.41) is 1.86. The fourth-order valence-electron chi connectivity index (χ4n) is 1.66. The summed E-state index contributed by atoms with van der Waals surface area (Å²) in [5.74, 6) is -0.0638. The number of fused-ring (bicyclic) bond motifs is 1. The van der Waals surface area contributed by atoms with E-state index in [1.54, 1.807) is 32.3 Å². The first kappa shape index (κ1) is 10.8. The standard InChI is InChI=1S/C13H14N2O/c1-13(2,14)12(16)10-5-3-4-9-6-7-15-8-11(9)10/h3-8H,14H2,1-2H3. The molecule has 1 aromatic carbocycles. The van der Waals surface area contributed by atoms with E-state index >= 15 is 0 Å². The quantitative estimate of drug-likeness (QED) is 0.779. The number of carbonyl (C=O) groups excluding carboxylic acids is 1. The Morgan fingerprint density at radius 3 is 2.75 bits per heavy atom. The summed E-state index contributed by atoms with van der Waals surface area (Å²) in [6.07, 6.45) is 3.42. The average Bonchev–Trinajstić information content (AvgIpc) is 2.26. The number of nitrogens with zero attached hydrogens (tertiary/aromatic N) is 1. The molecular formula is C13H14N2O. The van der Waals surface area contributed by atoms with Crippen LogP contribution in [0.2, 0.25) is 0 Å². The molecule has 0 aliphatic carbocycles. The molecule has 0 fully saturated rings. The molecule has 0 saturated heterocycles. The van der Waals surface area contributed by atoms with E-state index in [1.165, 1.54) is 0 Å². The highest BCUT2D eigenvalue weighted by Gasteiger charge is 2.24. The van der Waals surface area contributed by atoms with Gasteiger partial charge in [0, 0.05) is 23.3 Å². The van der Waals surface area contributed by atoms with Crippen molar-refractivity contribution in [2.45, 2.75) is 19.4 Å². The molecule has 0 spiro atoms. The number of benzene rings is 1. The lowest BCUT2D eigenvalue weighted by Crippen LogP contribution is -2.41. The van der Waals surface area contributed by atoms with Crippen LogP contribution in [0.25, 0.3) is 10.8 Å². The third-order valence-corrected chi connectivity index (χ3v) is 2.51. The number of pyridine rings is 1. The van der Waals surface area contributed by atoms with Crippen molar-refractivity contribution in [1.29, 1.82) is 0 Å². The van der Waals surface area contributed by atoms with Crippen molar-refractivity contribution in [1.82, 2.24) is 4.98 Å². The van der Waals surface area contributed by atoms with Gasteiger partial charge in [-0.3, -0.25) is 9.78 Å². The van der Waals surface area contributed by atoms with Crippen molar-refractivity contribution in [3.05, 3.63) is 42.2 Å². The van der Waals surface area contributed by atoms with Crippen molar-refractivity contribution in [2.24, 2.45) is 5.73 Å². The van der Waals surface area contributed by atoms with E-state index in [4.69, 9.17) is 5.73 Å². The molecule has 0 saturated carbocycles. The summed E-state index contributed by atoms with van der Waals surface area (Å²) in [4.78, 5) is 16.2. The van der Waals surface area contributed by atoms with Crippen LogP contribution in [0.4, 0.5) is 0 Å². The topological polar surface area (TPSA) is 56.0 Å². The predicted octanol–water partition coefficient (Wildman–Crippen LogP) is 2.15. The van der Waals surface area contributed by atoms with Gasteiger partial charge in [-0.25, -0.2) is 0 Å². The molecule has 16 heavy (non-hydrogen) atoms. The highest BCUT2D eigenvalue weighted by atomic mass is 16.1. The second-order valence-corrected chi connectivity index (χ2v) is 4.45. The van der Waals surface area contributed by atoms with Crippen molar-refractivity contribution in [3.63, 3.8) is 0 Å². The van der Waals surface area contributed by atoms with Crippen LogP contribution in [-0.2, 0) is 0 Å². The fraction of sp³-hybridized carbons (Fsp3) is 0.231. The van der Waals surface area contributed by atoms with Crippen LogP contribution in [0.3, 0.4) is 0 Å². The van der Waals surface area contributed by atoms with Crippen LogP contribution >= 0.6 is 0 Å². The zero-order chi connectivity index (χ0) is 11.8. The molecule has 0 aliphatic rings. The van der Waals surface area contributed by atoms with Crippen molar-refractivity contribution in [2.75, 3.05) is 0 Å². The Bertz CT molecular complexity index is 536. The first-order valence-electron chi connectivity index (χ1n) is 5.16. The van der Waals surface area contributed by atoms with Gasteiger partial charge >= 0.3 is 0 Å². The Kier molecular flexibility index (Phi) is 2.48. The van der Waals surface area contributed by atoms with Gasteiger partial charge in [0.1, 0.15) is 0 Å². The van der Waals surface area contributed by atoms with Crippen molar-refractivity contribution >= 4 is 16.6 Å². The van der Waals surface area contributed by atoms with Gasteiger partial charge in [0.2, 0.25) is 0 Å². The average molecular weight is 214 g/mol. The van der Waals surface area contributed by atoms with Gasteiger partial charge in [-0.05, 0) is 25.3 Å². The molecule has 0 aliphatic heterocycles. The van der Waals surface area contributed by atoms with Gasteiger partial charge in [0.05, 0.1) is 5.54 Å². The van der Waals surface area contributed by atoms with Gasteiger partial charge in [0.15, 0.2) is 5.78 Å². The minimum atomic E-state index is -0.857. The first-order chi connectivity index (χ1) is 7.50.